The highest BCUT2D eigenvalue weighted by molar-refractivity contribution is 6.30. The Bertz CT molecular complexity index is 614. The summed E-state index contributed by atoms with van der Waals surface area (Å²) in [5, 5.41) is 3.17. The van der Waals surface area contributed by atoms with Gasteiger partial charge in [-0.2, -0.15) is 0 Å². The molecule has 0 atom stereocenters. The number of methoxy groups -OCH3 is 2. The minimum absolute atomic E-state index is 0.337. The topological polar surface area (TPSA) is 60.5 Å². The second-order valence-corrected chi connectivity index (χ2v) is 4.32. The van der Waals surface area contributed by atoms with Crippen molar-refractivity contribution in [2.45, 2.75) is 0 Å². The molecule has 1 heterocycles. The summed E-state index contributed by atoms with van der Waals surface area (Å²) in [6, 6.07) is 8.25. The number of hydrogen-bond donors (Lipinski definition) is 1. The number of nitrogens with one attached hydrogen (secondary N) is 1. The van der Waals surface area contributed by atoms with Crippen LogP contribution in [-0.2, 0) is 0 Å². The van der Waals surface area contributed by atoms with Crippen molar-refractivity contribution in [3.05, 3.63) is 47.1 Å². The van der Waals surface area contributed by atoms with Gasteiger partial charge in [0.05, 0.1) is 24.8 Å². The van der Waals surface area contributed by atoms with E-state index in [2.05, 4.69) is 10.3 Å². The molecular weight excluding hydrogens is 280 g/mol. The monoisotopic (exact) mass is 292 g/mol. The Kier molecular flexibility index (Phi) is 4.42. The van der Waals surface area contributed by atoms with Crippen LogP contribution >= 0.6 is 11.6 Å². The molecule has 0 radical (unpaired) electrons. The first-order valence-electron chi connectivity index (χ1n) is 5.79. The van der Waals surface area contributed by atoms with Gasteiger partial charge in [0.2, 0.25) is 0 Å². The van der Waals surface area contributed by atoms with Crippen LogP contribution in [0.3, 0.4) is 0 Å². The summed E-state index contributed by atoms with van der Waals surface area (Å²) in [5.74, 6) is 1.09. The number of anilines is 1. The van der Waals surface area contributed by atoms with Crippen molar-refractivity contribution >= 4 is 23.3 Å². The lowest BCUT2D eigenvalue weighted by atomic mass is 10.1. The van der Waals surface area contributed by atoms with Gasteiger partial charge in [0, 0.05) is 6.20 Å². The van der Waals surface area contributed by atoms with Crippen molar-refractivity contribution < 1.29 is 14.3 Å². The Morgan fingerprint density at radius 2 is 2.00 bits per heavy atom. The second kappa shape index (κ2) is 6.25. The van der Waals surface area contributed by atoms with Crippen LogP contribution < -0.4 is 14.8 Å². The SMILES string of the molecule is COc1ccc(OC)c(C(=O)Nc2ccc(Cl)cn2)c1. The third-order valence-electron chi connectivity index (χ3n) is 2.62. The quantitative estimate of drug-likeness (QED) is 0.941. The van der Waals surface area contributed by atoms with E-state index in [1.165, 1.54) is 20.4 Å². The number of benzene rings is 1. The van der Waals surface area contributed by atoms with Gasteiger partial charge >= 0.3 is 0 Å². The molecule has 1 amide bonds. The average Bonchev–Trinajstić information content (AvgIpc) is 2.48. The van der Waals surface area contributed by atoms with Crippen LogP contribution in [0, 0.1) is 0 Å². The molecule has 0 fully saturated rings. The zero-order chi connectivity index (χ0) is 14.5. The molecule has 6 heteroatoms. The first-order chi connectivity index (χ1) is 9.63. The van der Waals surface area contributed by atoms with Gasteiger partial charge in [0.15, 0.2) is 0 Å². The first-order valence-corrected chi connectivity index (χ1v) is 6.17. The van der Waals surface area contributed by atoms with Gasteiger partial charge in [-0.1, -0.05) is 11.6 Å². The lowest BCUT2D eigenvalue weighted by Crippen LogP contribution is -2.14. The number of nitrogens with zero attached hydrogens (tertiary/aromatic N) is 1. The zero-order valence-corrected chi connectivity index (χ0v) is 11.8. The van der Waals surface area contributed by atoms with Gasteiger partial charge in [0.25, 0.3) is 5.91 Å². The van der Waals surface area contributed by atoms with E-state index in [-0.39, 0.29) is 5.91 Å². The highest BCUT2D eigenvalue weighted by Crippen LogP contribution is 2.24. The Morgan fingerprint density at radius 1 is 1.20 bits per heavy atom. The van der Waals surface area contributed by atoms with Crippen molar-refractivity contribution in [3.8, 4) is 11.5 Å². The number of ether oxygens (including phenoxy) is 2. The van der Waals surface area contributed by atoms with Gasteiger partial charge in [-0.25, -0.2) is 4.98 Å². The molecular formula is C14H13ClN2O3. The molecule has 1 aromatic heterocycles. The Balaban J connectivity index is 2.25. The fourth-order valence-corrected chi connectivity index (χ4v) is 1.74. The van der Waals surface area contributed by atoms with E-state index in [9.17, 15) is 4.79 Å². The number of aromatic nitrogens is 1. The lowest BCUT2D eigenvalue weighted by molar-refractivity contribution is 0.102. The minimum Gasteiger partial charge on any atom is -0.497 e. The molecule has 0 spiro atoms. The number of rotatable bonds is 4. The van der Waals surface area contributed by atoms with E-state index < -0.39 is 0 Å². The number of pyridine rings is 1. The molecule has 20 heavy (non-hydrogen) atoms. The molecule has 0 bridgehead atoms. The fourth-order valence-electron chi connectivity index (χ4n) is 1.62. The number of halogens is 1. The number of hydrogen-bond acceptors (Lipinski definition) is 4. The van der Waals surface area contributed by atoms with Crippen LogP contribution in [0.25, 0.3) is 0 Å². The van der Waals surface area contributed by atoms with Crippen molar-refractivity contribution in [2.75, 3.05) is 19.5 Å². The molecule has 1 N–H and O–H groups in total. The van der Waals surface area contributed by atoms with Crippen molar-refractivity contribution in [3.63, 3.8) is 0 Å². The summed E-state index contributed by atoms with van der Waals surface area (Å²) in [7, 11) is 3.03. The summed E-state index contributed by atoms with van der Waals surface area (Å²) >= 11 is 5.74. The van der Waals surface area contributed by atoms with Crippen LogP contribution in [0.1, 0.15) is 10.4 Å². The molecule has 0 aliphatic heterocycles. The predicted molar refractivity (Wildman–Crippen MR) is 76.7 cm³/mol. The normalized spacial score (nSPS) is 9.95. The van der Waals surface area contributed by atoms with Crippen molar-refractivity contribution in [1.29, 1.82) is 0 Å². The number of amides is 1. The molecule has 2 aromatic rings. The van der Waals surface area contributed by atoms with Crippen LogP contribution in [0.15, 0.2) is 36.5 Å². The molecule has 2 rings (SSSR count). The van der Waals surface area contributed by atoms with E-state index in [1.54, 1.807) is 30.3 Å². The molecule has 0 saturated heterocycles. The highest BCUT2D eigenvalue weighted by atomic mass is 35.5. The predicted octanol–water partition coefficient (Wildman–Crippen LogP) is 3.00. The summed E-state index contributed by atoms with van der Waals surface area (Å²) in [4.78, 5) is 16.2. The maximum atomic E-state index is 12.2. The molecule has 0 saturated carbocycles. The van der Waals surface area contributed by atoms with E-state index in [1.807, 2.05) is 0 Å². The molecule has 1 aromatic carbocycles. The summed E-state index contributed by atoms with van der Waals surface area (Å²) in [5.41, 5.74) is 0.364. The standard InChI is InChI=1S/C14H13ClN2O3/c1-19-10-4-5-12(20-2)11(7-10)14(18)17-13-6-3-9(15)8-16-13/h3-8H,1-2H3,(H,16,17,18). The largest absolute Gasteiger partial charge is 0.497 e. The van der Waals surface area contributed by atoms with Crippen LogP contribution in [0.5, 0.6) is 11.5 Å². The van der Waals surface area contributed by atoms with Crippen molar-refractivity contribution in [2.24, 2.45) is 0 Å². The molecule has 104 valence electrons. The minimum atomic E-state index is -0.337. The smallest absolute Gasteiger partial charge is 0.260 e. The summed E-state index contributed by atoms with van der Waals surface area (Å²) in [6.07, 6.45) is 1.46. The van der Waals surface area contributed by atoms with E-state index in [0.29, 0.717) is 27.9 Å². The number of carbonyl (C=O) groups is 1. The Labute approximate surface area is 121 Å². The van der Waals surface area contributed by atoms with Gasteiger partial charge in [-0.3, -0.25) is 4.79 Å². The van der Waals surface area contributed by atoms with E-state index in [4.69, 9.17) is 21.1 Å². The summed E-state index contributed by atoms with van der Waals surface area (Å²) < 4.78 is 10.3. The fraction of sp³-hybridized carbons (Fsp3) is 0.143. The van der Waals surface area contributed by atoms with Crippen LogP contribution in [-0.4, -0.2) is 25.1 Å². The lowest BCUT2D eigenvalue weighted by Gasteiger charge is -2.10. The average molecular weight is 293 g/mol. The Hall–Kier alpha value is -2.27. The van der Waals surface area contributed by atoms with E-state index in [0.717, 1.165) is 0 Å². The highest BCUT2D eigenvalue weighted by Gasteiger charge is 2.14. The van der Waals surface area contributed by atoms with Gasteiger partial charge in [-0.05, 0) is 30.3 Å². The molecule has 0 aliphatic carbocycles. The number of carbonyl (C=O) groups excluding carboxylic acids is 1. The van der Waals surface area contributed by atoms with Gasteiger partial charge in [-0.15, -0.1) is 0 Å². The molecule has 0 unspecified atom stereocenters. The first kappa shape index (κ1) is 14.1. The maximum Gasteiger partial charge on any atom is 0.260 e. The molecule has 5 nitrogen and oxygen atoms in total. The molecule has 0 aliphatic rings. The van der Waals surface area contributed by atoms with Crippen LogP contribution in [0.4, 0.5) is 5.82 Å². The second-order valence-electron chi connectivity index (χ2n) is 3.88. The van der Waals surface area contributed by atoms with E-state index >= 15 is 0 Å². The zero-order valence-electron chi connectivity index (χ0n) is 11.0. The van der Waals surface area contributed by atoms with Crippen molar-refractivity contribution in [1.82, 2.24) is 4.98 Å². The third-order valence-corrected chi connectivity index (χ3v) is 2.84. The van der Waals surface area contributed by atoms with Crippen LogP contribution in [0.2, 0.25) is 5.02 Å². The van der Waals surface area contributed by atoms with Gasteiger partial charge < -0.3 is 14.8 Å². The summed E-state index contributed by atoms with van der Waals surface area (Å²) in [6.45, 7) is 0. The van der Waals surface area contributed by atoms with Gasteiger partial charge in [0.1, 0.15) is 17.3 Å². The maximum absolute atomic E-state index is 12.2. The Morgan fingerprint density at radius 3 is 2.60 bits per heavy atom. The third kappa shape index (κ3) is 3.19.